The maximum absolute atomic E-state index is 11.5. The molecule has 1 saturated heterocycles. The minimum atomic E-state index is -0.770. The largest absolute Gasteiger partial charge is 0.480 e. The molecule has 104 valence electrons. The van der Waals surface area contributed by atoms with E-state index in [4.69, 9.17) is 23.2 Å². The quantitative estimate of drug-likeness (QED) is 0.925. The van der Waals surface area contributed by atoms with Crippen molar-refractivity contribution in [1.29, 1.82) is 0 Å². The van der Waals surface area contributed by atoms with Crippen molar-refractivity contribution in [2.75, 3.05) is 13.1 Å². The molecule has 5 heteroatoms. The van der Waals surface area contributed by atoms with Gasteiger partial charge in [-0.1, -0.05) is 35.7 Å². The highest BCUT2D eigenvalue weighted by Gasteiger charge is 2.27. The van der Waals surface area contributed by atoms with Crippen molar-refractivity contribution in [2.45, 2.75) is 31.7 Å². The fraction of sp³-hybridized carbons (Fsp3) is 0.500. The first-order valence-electron chi connectivity index (χ1n) is 6.48. The van der Waals surface area contributed by atoms with Gasteiger partial charge in [0.05, 0.1) is 10.0 Å². The van der Waals surface area contributed by atoms with Crippen LogP contribution >= 0.6 is 23.2 Å². The maximum Gasteiger partial charge on any atom is 0.321 e. The minimum Gasteiger partial charge on any atom is -0.480 e. The zero-order valence-corrected chi connectivity index (χ0v) is 12.1. The Morgan fingerprint density at radius 2 is 1.89 bits per heavy atom. The number of nitrogens with zero attached hydrogens (tertiary/aromatic N) is 1. The number of halogens is 2. The Morgan fingerprint density at radius 3 is 2.47 bits per heavy atom. The number of hydrogen-bond acceptors (Lipinski definition) is 2. The average molecular weight is 302 g/mol. The molecule has 0 radical (unpaired) electrons. The van der Waals surface area contributed by atoms with Crippen LogP contribution in [0.25, 0.3) is 0 Å². The van der Waals surface area contributed by atoms with Crippen molar-refractivity contribution >= 4 is 29.2 Å². The van der Waals surface area contributed by atoms with Gasteiger partial charge in [0.15, 0.2) is 0 Å². The summed E-state index contributed by atoms with van der Waals surface area (Å²) in [6, 6.07) is 4.84. The number of carboxylic acid groups (broad SMARTS) is 1. The summed E-state index contributed by atoms with van der Waals surface area (Å²) in [5.41, 5.74) is 0.910. The van der Waals surface area contributed by atoms with E-state index in [2.05, 4.69) is 0 Å². The molecule has 2 rings (SSSR count). The molecular weight excluding hydrogens is 285 g/mol. The van der Waals surface area contributed by atoms with Crippen molar-refractivity contribution in [2.24, 2.45) is 0 Å². The van der Waals surface area contributed by atoms with E-state index in [0.29, 0.717) is 16.5 Å². The van der Waals surface area contributed by atoms with Gasteiger partial charge in [-0.15, -0.1) is 0 Å². The fourth-order valence-electron chi connectivity index (χ4n) is 2.49. The monoisotopic (exact) mass is 301 g/mol. The van der Waals surface area contributed by atoms with Gasteiger partial charge in [-0.2, -0.15) is 0 Å². The number of aliphatic carboxylic acids is 1. The molecule has 0 unspecified atom stereocenters. The van der Waals surface area contributed by atoms with Gasteiger partial charge in [-0.25, -0.2) is 0 Å². The van der Waals surface area contributed by atoms with Crippen LogP contribution in [0.5, 0.6) is 0 Å². The van der Waals surface area contributed by atoms with E-state index < -0.39 is 12.0 Å². The number of rotatable bonds is 4. The van der Waals surface area contributed by atoms with Crippen LogP contribution in [-0.4, -0.2) is 35.1 Å². The molecule has 1 aliphatic heterocycles. The Labute approximate surface area is 123 Å². The van der Waals surface area contributed by atoms with Crippen LogP contribution in [0, 0.1) is 0 Å². The summed E-state index contributed by atoms with van der Waals surface area (Å²) in [4.78, 5) is 13.5. The lowest BCUT2D eigenvalue weighted by atomic mass is 10.0. The van der Waals surface area contributed by atoms with Crippen LogP contribution in [0.4, 0.5) is 0 Å². The summed E-state index contributed by atoms with van der Waals surface area (Å²) in [5, 5.41) is 10.4. The highest BCUT2D eigenvalue weighted by Crippen LogP contribution is 2.24. The normalized spacial score (nSPS) is 18.2. The van der Waals surface area contributed by atoms with Gasteiger partial charge in [0.1, 0.15) is 6.04 Å². The molecule has 1 N–H and O–H groups in total. The van der Waals surface area contributed by atoms with Crippen molar-refractivity contribution in [3.8, 4) is 0 Å². The topological polar surface area (TPSA) is 40.5 Å². The molecule has 0 bridgehead atoms. The molecule has 1 aromatic rings. The lowest BCUT2D eigenvalue weighted by molar-refractivity contribution is -0.143. The third kappa shape index (κ3) is 3.85. The molecule has 1 atom stereocenters. The first kappa shape index (κ1) is 14.6. The van der Waals surface area contributed by atoms with Gasteiger partial charge in [0.2, 0.25) is 0 Å². The Morgan fingerprint density at radius 1 is 1.21 bits per heavy atom. The van der Waals surface area contributed by atoms with Crippen molar-refractivity contribution < 1.29 is 9.90 Å². The van der Waals surface area contributed by atoms with Gasteiger partial charge in [0.25, 0.3) is 0 Å². The van der Waals surface area contributed by atoms with Crippen LogP contribution in [0.1, 0.15) is 24.8 Å². The molecule has 19 heavy (non-hydrogen) atoms. The second-order valence-corrected chi connectivity index (χ2v) is 5.72. The Balaban J connectivity index is 2.11. The van der Waals surface area contributed by atoms with E-state index in [-0.39, 0.29) is 0 Å². The Kier molecular flexibility index (Phi) is 5.08. The lowest BCUT2D eigenvalue weighted by Gasteiger charge is -2.32. The fourth-order valence-corrected chi connectivity index (χ4v) is 2.81. The number of piperidine rings is 1. The van der Waals surface area contributed by atoms with Crippen LogP contribution in [0.3, 0.4) is 0 Å². The number of hydrogen-bond donors (Lipinski definition) is 1. The third-order valence-electron chi connectivity index (χ3n) is 3.53. The second-order valence-electron chi connectivity index (χ2n) is 4.90. The molecule has 3 nitrogen and oxygen atoms in total. The summed E-state index contributed by atoms with van der Waals surface area (Å²) in [6.07, 6.45) is 3.80. The number of carboxylic acids is 1. The SMILES string of the molecule is O=C(O)[C@H](Cc1ccc(Cl)c(Cl)c1)N1CCCCC1. The van der Waals surface area contributed by atoms with Crippen molar-refractivity contribution in [3.05, 3.63) is 33.8 Å². The molecule has 0 aliphatic carbocycles. The first-order valence-corrected chi connectivity index (χ1v) is 7.24. The Bertz CT molecular complexity index is 459. The zero-order valence-electron chi connectivity index (χ0n) is 10.6. The number of carbonyl (C=O) groups is 1. The zero-order chi connectivity index (χ0) is 13.8. The summed E-state index contributed by atoms with van der Waals surface area (Å²) < 4.78 is 0. The average Bonchev–Trinajstić information content (AvgIpc) is 2.40. The molecule has 0 aromatic heterocycles. The molecule has 1 heterocycles. The second kappa shape index (κ2) is 6.60. The molecule has 0 spiro atoms. The van der Waals surface area contributed by atoms with E-state index in [1.807, 2.05) is 11.0 Å². The van der Waals surface area contributed by atoms with Gasteiger partial charge < -0.3 is 5.11 Å². The highest BCUT2D eigenvalue weighted by atomic mass is 35.5. The summed E-state index contributed by atoms with van der Waals surface area (Å²) in [7, 11) is 0. The lowest BCUT2D eigenvalue weighted by Crippen LogP contribution is -2.45. The summed E-state index contributed by atoms with van der Waals surface area (Å²) >= 11 is 11.8. The molecule has 1 fully saturated rings. The predicted molar refractivity (Wildman–Crippen MR) is 77.0 cm³/mol. The van der Waals surface area contributed by atoms with Gasteiger partial charge in [-0.05, 0) is 50.0 Å². The van der Waals surface area contributed by atoms with E-state index in [1.54, 1.807) is 12.1 Å². The smallest absolute Gasteiger partial charge is 0.321 e. The minimum absolute atomic E-state index is 0.465. The highest BCUT2D eigenvalue weighted by molar-refractivity contribution is 6.42. The Hall–Kier alpha value is -0.770. The van der Waals surface area contributed by atoms with E-state index in [1.165, 1.54) is 6.42 Å². The molecule has 0 saturated carbocycles. The van der Waals surface area contributed by atoms with E-state index in [0.717, 1.165) is 31.5 Å². The molecule has 1 aliphatic rings. The molecule has 1 aromatic carbocycles. The number of likely N-dealkylation sites (tertiary alicyclic amines) is 1. The standard InChI is InChI=1S/C14H17Cl2NO2/c15-11-5-4-10(8-12(11)16)9-13(14(18)19)17-6-2-1-3-7-17/h4-5,8,13H,1-3,6-7,9H2,(H,18,19)/t13-/m0/s1. The van der Waals surface area contributed by atoms with Crippen LogP contribution < -0.4 is 0 Å². The maximum atomic E-state index is 11.5. The van der Waals surface area contributed by atoms with E-state index >= 15 is 0 Å². The first-order chi connectivity index (χ1) is 9.08. The summed E-state index contributed by atoms with van der Waals surface area (Å²) in [5.74, 6) is -0.770. The van der Waals surface area contributed by atoms with Gasteiger partial charge in [0, 0.05) is 0 Å². The molecular formula is C14H17Cl2NO2. The van der Waals surface area contributed by atoms with Crippen LogP contribution in [-0.2, 0) is 11.2 Å². The van der Waals surface area contributed by atoms with Crippen molar-refractivity contribution in [3.63, 3.8) is 0 Å². The summed E-state index contributed by atoms with van der Waals surface area (Å²) in [6.45, 7) is 1.72. The predicted octanol–water partition coefficient (Wildman–Crippen LogP) is 3.48. The third-order valence-corrected chi connectivity index (χ3v) is 4.27. The number of benzene rings is 1. The van der Waals surface area contributed by atoms with Gasteiger partial charge >= 0.3 is 5.97 Å². The van der Waals surface area contributed by atoms with Crippen molar-refractivity contribution in [1.82, 2.24) is 4.90 Å². The van der Waals surface area contributed by atoms with Gasteiger partial charge in [-0.3, -0.25) is 9.69 Å². The van der Waals surface area contributed by atoms with E-state index in [9.17, 15) is 9.90 Å². The van der Waals surface area contributed by atoms with Crippen LogP contribution in [0.15, 0.2) is 18.2 Å². The molecule has 0 amide bonds. The van der Waals surface area contributed by atoms with Crippen LogP contribution in [0.2, 0.25) is 10.0 Å².